The number of nitrogens with zero attached hydrogens (tertiary/aromatic N) is 2. The van der Waals surface area contributed by atoms with Crippen LogP contribution in [0.4, 0.5) is 5.69 Å². The lowest BCUT2D eigenvalue weighted by Crippen LogP contribution is -2.36. The highest BCUT2D eigenvalue weighted by atomic mass is 16.3. The van der Waals surface area contributed by atoms with E-state index in [1.165, 1.54) is 6.92 Å². The van der Waals surface area contributed by atoms with Gasteiger partial charge in [0, 0.05) is 37.7 Å². The second-order valence-electron chi connectivity index (χ2n) is 7.26. The van der Waals surface area contributed by atoms with Crippen molar-refractivity contribution in [1.82, 2.24) is 9.88 Å². The number of hydrogen-bond acceptors (Lipinski definition) is 4. The molecule has 0 saturated carbocycles. The molecule has 6 nitrogen and oxygen atoms in total. The highest BCUT2D eigenvalue weighted by Crippen LogP contribution is 2.30. The van der Waals surface area contributed by atoms with Gasteiger partial charge in [0.1, 0.15) is 5.52 Å². The lowest BCUT2D eigenvalue weighted by molar-refractivity contribution is -0.127. The largest absolute Gasteiger partial charge is 0.440 e. The van der Waals surface area contributed by atoms with Crippen LogP contribution in [0, 0.1) is 0 Å². The van der Waals surface area contributed by atoms with Crippen LogP contribution in [0.3, 0.4) is 0 Å². The molecule has 0 atom stereocenters. The summed E-state index contributed by atoms with van der Waals surface area (Å²) >= 11 is 0. The molecular weight excluding hydrogens is 366 g/mol. The fourth-order valence-corrected chi connectivity index (χ4v) is 3.57. The van der Waals surface area contributed by atoms with E-state index in [-0.39, 0.29) is 17.7 Å². The van der Waals surface area contributed by atoms with Gasteiger partial charge < -0.3 is 14.6 Å². The molecule has 1 aliphatic rings. The Labute approximate surface area is 169 Å². The first-order valence-corrected chi connectivity index (χ1v) is 9.78. The number of oxazole rings is 1. The van der Waals surface area contributed by atoms with E-state index in [0.717, 1.165) is 41.1 Å². The summed E-state index contributed by atoms with van der Waals surface area (Å²) in [6, 6.07) is 15.2. The first-order valence-electron chi connectivity index (χ1n) is 9.78. The van der Waals surface area contributed by atoms with Crippen molar-refractivity contribution >= 4 is 34.7 Å². The van der Waals surface area contributed by atoms with Gasteiger partial charge >= 0.3 is 0 Å². The standard InChI is InChI=1S/C23H23N3O3/c1-16(27)24-19-9-6-17(7-10-19)8-11-22(28)26-14-12-18(13-15-26)23-25-20-4-2-3-5-21(20)29-23/h2-11,18H,12-15H2,1H3,(H,24,27)/b11-8+. The van der Waals surface area contributed by atoms with Gasteiger partial charge in [0.25, 0.3) is 0 Å². The van der Waals surface area contributed by atoms with E-state index >= 15 is 0 Å². The molecule has 2 heterocycles. The van der Waals surface area contributed by atoms with Crippen LogP contribution < -0.4 is 5.32 Å². The minimum absolute atomic E-state index is 0.00644. The van der Waals surface area contributed by atoms with Crippen molar-refractivity contribution < 1.29 is 14.0 Å². The highest BCUT2D eigenvalue weighted by Gasteiger charge is 2.26. The number of piperidine rings is 1. The number of carbonyl (C=O) groups excluding carboxylic acids is 2. The van der Waals surface area contributed by atoms with E-state index in [0.29, 0.717) is 13.1 Å². The molecule has 1 saturated heterocycles. The van der Waals surface area contributed by atoms with Crippen molar-refractivity contribution in [2.75, 3.05) is 18.4 Å². The molecule has 4 rings (SSSR count). The molecule has 1 aliphatic heterocycles. The minimum Gasteiger partial charge on any atom is -0.440 e. The minimum atomic E-state index is -0.107. The van der Waals surface area contributed by atoms with Crippen molar-refractivity contribution in [3.63, 3.8) is 0 Å². The van der Waals surface area contributed by atoms with E-state index in [1.807, 2.05) is 53.4 Å². The summed E-state index contributed by atoms with van der Waals surface area (Å²) in [5.41, 5.74) is 3.35. The van der Waals surface area contributed by atoms with Crippen LogP contribution in [0.5, 0.6) is 0 Å². The van der Waals surface area contributed by atoms with Crippen LogP contribution in [-0.4, -0.2) is 34.8 Å². The molecule has 1 aromatic heterocycles. The van der Waals surface area contributed by atoms with Crippen molar-refractivity contribution in [3.8, 4) is 0 Å². The monoisotopic (exact) mass is 389 g/mol. The van der Waals surface area contributed by atoms with Gasteiger partial charge in [-0.1, -0.05) is 24.3 Å². The van der Waals surface area contributed by atoms with Gasteiger partial charge in [0.05, 0.1) is 0 Å². The van der Waals surface area contributed by atoms with Gasteiger partial charge in [0.2, 0.25) is 11.8 Å². The Morgan fingerprint density at radius 2 is 1.83 bits per heavy atom. The van der Waals surface area contributed by atoms with Crippen LogP contribution in [0.2, 0.25) is 0 Å². The molecule has 0 unspecified atom stereocenters. The Bertz CT molecular complexity index is 1010. The van der Waals surface area contributed by atoms with Crippen molar-refractivity contribution in [1.29, 1.82) is 0 Å². The summed E-state index contributed by atoms with van der Waals surface area (Å²) in [6.07, 6.45) is 5.09. The predicted octanol–water partition coefficient (Wildman–Crippen LogP) is 4.21. The molecule has 0 spiro atoms. The zero-order valence-electron chi connectivity index (χ0n) is 16.3. The Hall–Kier alpha value is -3.41. The second-order valence-corrected chi connectivity index (χ2v) is 7.26. The SMILES string of the molecule is CC(=O)Nc1ccc(/C=C/C(=O)N2CCC(c3nc4ccccc4o3)CC2)cc1. The molecule has 0 radical (unpaired) electrons. The summed E-state index contributed by atoms with van der Waals surface area (Å²) in [5.74, 6) is 0.918. The maximum atomic E-state index is 12.5. The van der Waals surface area contributed by atoms with E-state index in [2.05, 4.69) is 10.3 Å². The molecule has 148 valence electrons. The van der Waals surface area contributed by atoms with Gasteiger partial charge in [-0.3, -0.25) is 9.59 Å². The van der Waals surface area contributed by atoms with Crippen LogP contribution in [0.15, 0.2) is 59.0 Å². The molecule has 0 aliphatic carbocycles. The number of benzene rings is 2. The first-order chi connectivity index (χ1) is 14.1. The molecule has 3 aromatic rings. The third kappa shape index (κ3) is 4.54. The molecular formula is C23H23N3O3. The quantitative estimate of drug-likeness (QED) is 0.679. The van der Waals surface area contributed by atoms with Gasteiger partial charge in [-0.2, -0.15) is 0 Å². The Morgan fingerprint density at radius 1 is 1.10 bits per heavy atom. The normalized spacial score (nSPS) is 15.1. The fraction of sp³-hybridized carbons (Fsp3) is 0.261. The number of hydrogen-bond donors (Lipinski definition) is 1. The van der Waals surface area contributed by atoms with Gasteiger partial charge in [0.15, 0.2) is 11.5 Å². The number of aromatic nitrogens is 1. The number of likely N-dealkylation sites (tertiary alicyclic amines) is 1. The highest BCUT2D eigenvalue weighted by molar-refractivity contribution is 5.92. The van der Waals surface area contributed by atoms with Gasteiger partial charge in [-0.15, -0.1) is 0 Å². The Morgan fingerprint density at radius 3 is 2.52 bits per heavy atom. The zero-order valence-corrected chi connectivity index (χ0v) is 16.3. The Balaban J connectivity index is 1.32. The Kier molecular flexibility index (Phi) is 5.42. The number of anilines is 1. The number of para-hydroxylation sites is 2. The number of fused-ring (bicyclic) bond motifs is 1. The number of nitrogens with one attached hydrogen (secondary N) is 1. The third-order valence-corrected chi connectivity index (χ3v) is 5.12. The van der Waals surface area contributed by atoms with Crippen LogP contribution >= 0.6 is 0 Å². The lowest BCUT2D eigenvalue weighted by atomic mass is 9.96. The average molecular weight is 389 g/mol. The van der Waals surface area contributed by atoms with E-state index in [9.17, 15) is 9.59 Å². The van der Waals surface area contributed by atoms with E-state index < -0.39 is 0 Å². The maximum Gasteiger partial charge on any atom is 0.246 e. The van der Waals surface area contributed by atoms with Crippen molar-refractivity contribution in [2.24, 2.45) is 0 Å². The van der Waals surface area contributed by atoms with Crippen LogP contribution in [0.25, 0.3) is 17.2 Å². The average Bonchev–Trinajstić information content (AvgIpc) is 3.17. The number of rotatable bonds is 4. The number of carbonyl (C=O) groups is 2. The number of amides is 2. The van der Waals surface area contributed by atoms with Crippen LogP contribution in [-0.2, 0) is 9.59 Å². The van der Waals surface area contributed by atoms with E-state index in [4.69, 9.17) is 4.42 Å². The van der Waals surface area contributed by atoms with Crippen molar-refractivity contribution in [2.45, 2.75) is 25.7 Å². The van der Waals surface area contributed by atoms with Crippen molar-refractivity contribution in [3.05, 3.63) is 66.1 Å². The predicted molar refractivity (Wildman–Crippen MR) is 112 cm³/mol. The summed E-state index contributed by atoms with van der Waals surface area (Å²) < 4.78 is 5.89. The summed E-state index contributed by atoms with van der Waals surface area (Å²) in [5, 5.41) is 2.72. The van der Waals surface area contributed by atoms with Crippen LogP contribution in [0.1, 0.15) is 37.1 Å². The maximum absolute atomic E-state index is 12.5. The molecule has 0 bridgehead atoms. The third-order valence-electron chi connectivity index (χ3n) is 5.12. The first kappa shape index (κ1) is 18.9. The van der Waals surface area contributed by atoms with E-state index in [1.54, 1.807) is 12.2 Å². The van der Waals surface area contributed by atoms with Gasteiger partial charge in [-0.25, -0.2) is 4.98 Å². The summed E-state index contributed by atoms with van der Waals surface area (Å²) in [6.45, 7) is 2.85. The lowest BCUT2D eigenvalue weighted by Gasteiger charge is -2.29. The zero-order chi connectivity index (χ0) is 20.2. The second kappa shape index (κ2) is 8.31. The molecule has 1 N–H and O–H groups in total. The van der Waals surface area contributed by atoms with Gasteiger partial charge in [-0.05, 0) is 48.7 Å². The smallest absolute Gasteiger partial charge is 0.246 e. The topological polar surface area (TPSA) is 75.4 Å². The molecule has 2 amide bonds. The molecule has 1 fully saturated rings. The molecule has 2 aromatic carbocycles. The summed E-state index contributed by atoms with van der Waals surface area (Å²) in [4.78, 5) is 30.0. The molecule has 6 heteroatoms. The summed E-state index contributed by atoms with van der Waals surface area (Å²) in [7, 11) is 0. The molecule has 29 heavy (non-hydrogen) atoms. The fourth-order valence-electron chi connectivity index (χ4n) is 3.57.